The Morgan fingerprint density at radius 2 is 1.89 bits per heavy atom. The van der Waals surface area contributed by atoms with Gasteiger partial charge in [0.2, 0.25) is 0 Å². The number of carbonyl (C=O) groups excluding carboxylic acids is 2. The third-order valence-electron chi connectivity index (χ3n) is 3.68. The molecule has 1 aromatic carbocycles. The number of hydrogen-bond acceptors (Lipinski definition) is 2. The second kappa shape index (κ2) is 5.87. The van der Waals surface area contributed by atoms with Crippen LogP contribution in [0.15, 0.2) is 30.3 Å². The van der Waals surface area contributed by atoms with Crippen molar-refractivity contribution >= 4 is 11.8 Å². The molecular weight excluding hydrogens is 240 g/mol. The molecule has 102 valence electrons. The maximum atomic E-state index is 12.2. The summed E-state index contributed by atoms with van der Waals surface area (Å²) in [6, 6.07) is 9.95. The monoisotopic (exact) mass is 260 g/mol. The molecule has 1 fully saturated rings. The zero-order valence-electron chi connectivity index (χ0n) is 11.4. The highest BCUT2D eigenvalue weighted by Gasteiger charge is 2.33. The molecule has 1 aromatic rings. The van der Waals surface area contributed by atoms with E-state index in [4.69, 9.17) is 0 Å². The lowest BCUT2D eigenvalue weighted by atomic mass is 9.90. The van der Waals surface area contributed by atoms with Gasteiger partial charge in [0.15, 0.2) is 0 Å². The van der Waals surface area contributed by atoms with Crippen molar-refractivity contribution in [1.82, 2.24) is 10.2 Å². The molecule has 1 N–H and O–H groups in total. The van der Waals surface area contributed by atoms with Crippen LogP contribution in [0, 0.1) is 5.92 Å². The summed E-state index contributed by atoms with van der Waals surface area (Å²) in [5, 5.41) is 2.42. The average molecular weight is 260 g/mol. The van der Waals surface area contributed by atoms with Crippen molar-refractivity contribution in [2.45, 2.75) is 25.8 Å². The highest BCUT2D eigenvalue weighted by atomic mass is 16.2. The fraction of sp³-hybridized carbons (Fsp3) is 0.467. The van der Waals surface area contributed by atoms with Crippen LogP contribution in [-0.4, -0.2) is 30.3 Å². The Morgan fingerprint density at radius 3 is 2.53 bits per heavy atom. The SMILES string of the molecule is CNC(=O)C(=O)N1C[C@@H](C)CC[C@@H]1c1ccccc1. The molecule has 0 aromatic heterocycles. The Balaban J connectivity index is 2.25. The van der Waals surface area contributed by atoms with Gasteiger partial charge >= 0.3 is 11.8 Å². The summed E-state index contributed by atoms with van der Waals surface area (Å²) in [7, 11) is 1.49. The van der Waals surface area contributed by atoms with Crippen molar-refractivity contribution in [3.63, 3.8) is 0 Å². The summed E-state index contributed by atoms with van der Waals surface area (Å²) in [4.78, 5) is 25.5. The fourth-order valence-corrected chi connectivity index (χ4v) is 2.64. The van der Waals surface area contributed by atoms with Gasteiger partial charge in [-0.25, -0.2) is 0 Å². The van der Waals surface area contributed by atoms with Crippen LogP contribution in [0.25, 0.3) is 0 Å². The van der Waals surface area contributed by atoms with Gasteiger partial charge < -0.3 is 10.2 Å². The lowest BCUT2D eigenvalue weighted by Crippen LogP contribution is -2.47. The molecule has 1 saturated heterocycles. The predicted octanol–water partition coefficient (Wildman–Crippen LogP) is 1.73. The van der Waals surface area contributed by atoms with Crippen molar-refractivity contribution in [3.05, 3.63) is 35.9 Å². The first-order chi connectivity index (χ1) is 9.13. The third-order valence-corrected chi connectivity index (χ3v) is 3.68. The minimum atomic E-state index is -0.532. The van der Waals surface area contributed by atoms with E-state index in [2.05, 4.69) is 12.2 Å². The lowest BCUT2D eigenvalue weighted by molar-refractivity contribution is -0.148. The van der Waals surface area contributed by atoms with Crippen molar-refractivity contribution in [2.24, 2.45) is 5.92 Å². The molecule has 0 unspecified atom stereocenters. The summed E-state index contributed by atoms with van der Waals surface area (Å²) < 4.78 is 0. The van der Waals surface area contributed by atoms with Gasteiger partial charge in [-0.15, -0.1) is 0 Å². The molecule has 0 aliphatic carbocycles. The minimum absolute atomic E-state index is 0.0159. The molecule has 2 amide bonds. The Hall–Kier alpha value is -1.84. The Bertz CT molecular complexity index is 458. The quantitative estimate of drug-likeness (QED) is 0.782. The number of amides is 2. The van der Waals surface area contributed by atoms with Gasteiger partial charge in [0, 0.05) is 13.6 Å². The molecule has 19 heavy (non-hydrogen) atoms. The summed E-state index contributed by atoms with van der Waals surface area (Å²) in [5.41, 5.74) is 1.10. The molecule has 2 atom stereocenters. The van der Waals surface area contributed by atoms with E-state index in [1.165, 1.54) is 7.05 Å². The number of nitrogens with one attached hydrogen (secondary N) is 1. The topological polar surface area (TPSA) is 49.4 Å². The molecule has 2 rings (SSSR count). The number of rotatable bonds is 1. The summed E-state index contributed by atoms with van der Waals surface area (Å²) >= 11 is 0. The first kappa shape index (κ1) is 13.6. The third kappa shape index (κ3) is 2.95. The number of piperidine rings is 1. The Labute approximate surface area is 113 Å². The Kier molecular flexibility index (Phi) is 4.20. The van der Waals surface area contributed by atoms with Crippen molar-refractivity contribution < 1.29 is 9.59 Å². The number of nitrogens with zero attached hydrogens (tertiary/aromatic N) is 1. The van der Waals surface area contributed by atoms with Crippen LogP contribution < -0.4 is 5.32 Å². The highest BCUT2D eigenvalue weighted by molar-refractivity contribution is 6.35. The molecule has 0 bridgehead atoms. The fourth-order valence-electron chi connectivity index (χ4n) is 2.64. The second-order valence-electron chi connectivity index (χ2n) is 5.15. The zero-order chi connectivity index (χ0) is 13.8. The molecular formula is C15H20N2O2. The average Bonchev–Trinajstić information content (AvgIpc) is 2.46. The van der Waals surface area contributed by atoms with Crippen LogP contribution in [0.1, 0.15) is 31.4 Å². The van der Waals surface area contributed by atoms with Crippen molar-refractivity contribution in [1.29, 1.82) is 0 Å². The second-order valence-corrected chi connectivity index (χ2v) is 5.15. The predicted molar refractivity (Wildman–Crippen MR) is 73.4 cm³/mol. The van der Waals surface area contributed by atoms with Crippen LogP contribution in [0.3, 0.4) is 0 Å². The van der Waals surface area contributed by atoms with Crippen LogP contribution >= 0.6 is 0 Å². The number of likely N-dealkylation sites (N-methyl/N-ethyl adjacent to an activating group) is 1. The maximum absolute atomic E-state index is 12.2. The molecule has 0 spiro atoms. The van der Waals surface area contributed by atoms with Crippen LogP contribution in [0.5, 0.6) is 0 Å². The van der Waals surface area contributed by atoms with E-state index < -0.39 is 11.8 Å². The lowest BCUT2D eigenvalue weighted by Gasteiger charge is -2.38. The van der Waals surface area contributed by atoms with Gasteiger partial charge in [-0.1, -0.05) is 37.3 Å². The number of hydrogen-bond donors (Lipinski definition) is 1. The number of carbonyl (C=O) groups is 2. The molecule has 0 saturated carbocycles. The summed E-state index contributed by atoms with van der Waals surface area (Å²) in [6.07, 6.45) is 1.99. The number of likely N-dealkylation sites (tertiary alicyclic amines) is 1. The van der Waals surface area contributed by atoms with E-state index in [9.17, 15) is 9.59 Å². The van der Waals surface area contributed by atoms with Gasteiger partial charge in [0.1, 0.15) is 0 Å². The van der Waals surface area contributed by atoms with Crippen LogP contribution in [-0.2, 0) is 9.59 Å². The molecule has 1 heterocycles. The van der Waals surface area contributed by atoms with Crippen LogP contribution in [0.2, 0.25) is 0 Å². The smallest absolute Gasteiger partial charge is 0.312 e. The largest absolute Gasteiger partial charge is 0.351 e. The Morgan fingerprint density at radius 1 is 1.21 bits per heavy atom. The molecule has 1 aliphatic rings. The van der Waals surface area contributed by atoms with Gasteiger partial charge in [-0.05, 0) is 24.3 Å². The molecule has 1 aliphatic heterocycles. The highest BCUT2D eigenvalue weighted by Crippen LogP contribution is 2.33. The maximum Gasteiger partial charge on any atom is 0.312 e. The van der Waals surface area contributed by atoms with Gasteiger partial charge in [0.25, 0.3) is 0 Å². The van der Waals surface area contributed by atoms with Gasteiger partial charge in [-0.3, -0.25) is 9.59 Å². The zero-order valence-corrected chi connectivity index (χ0v) is 11.4. The van der Waals surface area contributed by atoms with E-state index in [-0.39, 0.29) is 6.04 Å². The number of benzene rings is 1. The van der Waals surface area contributed by atoms with E-state index in [0.29, 0.717) is 12.5 Å². The minimum Gasteiger partial charge on any atom is -0.351 e. The summed E-state index contributed by atoms with van der Waals surface area (Å²) in [6.45, 7) is 2.76. The van der Waals surface area contributed by atoms with E-state index in [1.54, 1.807) is 4.90 Å². The molecule has 0 radical (unpaired) electrons. The molecule has 4 nitrogen and oxygen atoms in total. The van der Waals surface area contributed by atoms with E-state index >= 15 is 0 Å². The van der Waals surface area contributed by atoms with Crippen LogP contribution in [0.4, 0.5) is 0 Å². The van der Waals surface area contributed by atoms with Gasteiger partial charge in [-0.2, -0.15) is 0 Å². The van der Waals surface area contributed by atoms with E-state index in [0.717, 1.165) is 18.4 Å². The van der Waals surface area contributed by atoms with Gasteiger partial charge in [0.05, 0.1) is 6.04 Å². The van der Waals surface area contributed by atoms with E-state index in [1.807, 2.05) is 30.3 Å². The first-order valence-electron chi connectivity index (χ1n) is 6.71. The standard InChI is InChI=1S/C15H20N2O2/c1-11-8-9-13(12-6-4-3-5-7-12)17(10-11)15(19)14(18)16-2/h3-7,11,13H,8-10H2,1-2H3,(H,16,18)/t11-,13+/m0/s1. The van der Waals surface area contributed by atoms with Crippen molar-refractivity contribution in [3.8, 4) is 0 Å². The van der Waals surface area contributed by atoms with Crippen molar-refractivity contribution in [2.75, 3.05) is 13.6 Å². The normalized spacial score (nSPS) is 22.9. The summed E-state index contributed by atoms with van der Waals surface area (Å²) in [5.74, 6) is -0.522. The first-order valence-corrected chi connectivity index (χ1v) is 6.71. The molecule has 4 heteroatoms.